The second-order valence-corrected chi connectivity index (χ2v) is 4.43. The Balaban J connectivity index is 2.93. The molecule has 17 heavy (non-hydrogen) atoms. The summed E-state index contributed by atoms with van der Waals surface area (Å²) in [5.41, 5.74) is 0.400. The lowest BCUT2D eigenvalue weighted by Crippen LogP contribution is -2.39. The molecule has 1 aromatic carbocycles. The molecule has 0 saturated carbocycles. The highest BCUT2D eigenvalue weighted by atomic mass is 16.5. The summed E-state index contributed by atoms with van der Waals surface area (Å²) < 4.78 is 5.10. The number of amides is 1. The lowest BCUT2D eigenvalue weighted by molar-refractivity contribution is -0.133. The molecule has 0 aromatic heterocycles. The summed E-state index contributed by atoms with van der Waals surface area (Å²) in [4.78, 5) is 11.9. The normalized spacial score (nSPS) is 13.2. The number of anilines is 1. The van der Waals surface area contributed by atoms with Crippen LogP contribution >= 0.6 is 0 Å². The molecule has 0 aliphatic carbocycles. The fraction of sp³-hybridized carbons (Fsp3) is 0.462. The summed E-state index contributed by atoms with van der Waals surface area (Å²) in [6, 6.07) is 7.16. The molecule has 1 amide bonds. The maximum absolute atomic E-state index is 11.9. The Morgan fingerprint density at radius 1 is 1.41 bits per heavy atom. The number of hydrogen-bond donors (Lipinski definition) is 2. The molecular weight excluding hydrogens is 218 g/mol. The molecule has 0 radical (unpaired) electrons. The van der Waals surface area contributed by atoms with E-state index in [0.29, 0.717) is 11.3 Å². The number of aliphatic hydroxyl groups is 1. The summed E-state index contributed by atoms with van der Waals surface area (Å²) in [5, 5.41) is 12.4. The fourth-order valence-corrected chi connectivity index (χ4v) is 1.34. The minimum atomic E-state index is -0.897. The first-order valence-corrected chi connectivity index (χ1v) is 5.52. The maximum Gasteiger partial charge on any atom is 0.256 e. The van der Waals surface area contributed by atoms with Gasteiger partial charge in [0.25, 0.3) is 5.91 Å². The van der Waals surface area contributed by atoms with Gasteiger partial charge in [-0.05, 0) is 26.8 Å². The molecule has 0 heterocycles. The van der Waals surface area contributed by atoms with Crippen LogP contribution in [0.2, 0.25) is 0 Å². The van der Waals surface area contributed by atoms with Gasteiger partial charge in [-0.2, -0.15) is 0 Å². The third kappa shape index (κ3) is 3.28. The first-order chi connectivity index (χ1) is 7.88. The zero-order valence-corrected chi connectivity index (χ0v) is 10.7. The average Bonchev–Trinajstić information content (AvgIpc) is 2.29. The topological polar surface area (TPSA) is 58.6 Å². The van der Waals surface area contributed by atoms with Crippen LogP contribution in [0.5, 0.6) is 0 Å². The number of carbonyl (C=O) groups is 1. The van der Waals surface area contributed by atoms with Gasteiger partial charge in [0.1, 0.15) is 5.60 Å². The molecule has 1 aromatic rings. The van der Waals surface area contributed by atoms with Gasteiger partial charge in [-0.1, -0.05) is 18.2 Å². The minimum absolute atomic E-state index is 0.242. The Morgan fingerprint density at radius 3 is 2.53 bits per heavy atom. The van der Waals surface area contributed by atoms with E-state index in [2.05, 4.69) is 5.32 Å². The third-order valence-electron chi connectivity index (χ3n) is 2.72. The summed E-state index contributed by atoms with van der Waals surface area (Å²) in [6.07, 6.45) is -0.628. The zero-order valence-electron chi connectivity index (χ0n) is 10.7. The number of carbonyl (C=O) groups excluding carboxylic acids is 1. The summed E-state index contributed by atoms with van der Waals surface area (Å²) in [6.45, 7) is 5.03. The van der Waals surface area contributed by atoms with E-state index < -0.39 is 11.7 Å². The van der Waals surface area contributed by atoms with E-state index in [4.69, 9.17) is 4.74 Å². The lowest BCUT2D eigenvalue weighted by atomic mass is 10.1. The monoisotopic (exact) mass is 237 g/mol. The standard InChI is InChI=1S/C13H19NO3/c1-9(15)10-7-5-6-8-11(10)14-12(16)13(2,3)17-4/h5-9,15H,1-4H3,(H,14,16). The molecule has 0 saturated heterocycles. The van der Waals surface area contributed by atoms with Crippen LogP contribution in [0.1, 0.15) is 32.4 Å². The van der Waals surface area contributed by atoms with Crippen molar-refractivity contribution < 1.29 is 14.6 Å². The zero-order chi connectivity index (χ0) is 13.1. The first kappa shape index (κ1) is 13.7. The molecule has 1 rings (SSSR count). The molecule has 0 aliphatic rings. The fourth-order valence-electron chi connectivity index (χ4n) is 1.34. The number of aliphatic hydroxyl groups excluding tert-OH is 1. The molecule has 2 N–H and O–H groups in total. The predicted octanol–water partition coefficient (Wildman–Crippen LogP) is 2.10. The smallest absolute Gasteiger partial charge is 0.256 e. The van der Waals surface area contributed by atoms with Gasteiger partial charge >= 0.3 is 0 Å². The van der Waals surface area contributed by atoms with Crippen molar-refractivity contribution in [2.24, 2.45) is 0 Å². The van der Waals surface area contributed by atoms with Crippen LogP contribution in [0.4, 0.5) is 5.69 Å². The number of nitrogens with one attached hydrogen (secondary N) is 1. The van der Waals surface area contributed by atoms with Crippen LogP contribution in [0.3, 0.4) is 0 Å². The van der Waals surface area contributed by atoms with Crippen LogP contribution in [0.25, 0.3) is 0 Å². The third-order valence-corrected chi connectivity index (χ3v) is 2.72. The van der Waals surface area contributed by atoms with Gasteiger partial charge in [0.15, 0.2) is 0 Å². The van der Waals surface area contributed by atoms with E-state index in [1.165, 1.54) is 7.11 Å². The van der Waals surface area contributed by atoms with Gasteiger partial charge in [-0.15, -0.1) is 0 Å². The predicted molar refractivity (Wildman–Crippen MR) is 66.8 cm³/mol. The Bertz CT molecular complexity index is 399. The Morgan fingerprint density at radius 2 is 2.00 bits per heavy atom. The molecular formula is C13H19NO3. The number of para-hydroxylation sites is 1. The number of benzene rings is 1. The lowest BCUT2D eigenvalue weighted by Gasteiger charge is -2.23. The Kier molecular flexibility index (Phi) is 4.26. The highest BCUT2D eigenvalue weighted by molar-refractivity contribution is 5.97. The van der Waals surface area contributed by atoms with Crippen molar-refractivity contribution >= 4 is 11.6 Å². The highest BCUT2D eigenvalue weighted by Crippen LogP contribution is 2.23. The average molecular weight is 237 g/mol. The van der Waals surface area contributed by atoms with E-state index in [9.17, 15) is 9.90 Å². The van der Waals surface area contributed by atoms with Crippen molar-refractivity contribution in [1.82, 2.24) is 0 Å². The van der Waals surface area contributed by atoms with Crippen molar-refractivity contribution in [3.05, 3.63) is 29.8 Å². The molecule has 0 fully saturated rings. The van der Waals surface area contributed by atoms with Crippen LogP contribution in [0.15, 0.2) is 24.3 Å². The van der Waals surface area contributed by atoms with E-state index in [0.717, 1.165) is 0 Å². The van der Waals surface area contributed by atoms with Gasteiger partial charge in [0.05, 0.1) is 6.10 Å². The van der Waals surface area contributed by atoms with E-state index in [-0.39, 0.29) is 5.91 Å². The van der Waals surface area contributed by atoms with E-state index in [1.807, 2.05) is 6.07 Å². The van der Waals surface area contributed by atoms with E-state index in [1.54, 1.807) is 39.0 Å². The highest BCUT2D eigenvalue weighted by Gasteiger charge is 2.27. The Labute approximate surface area is 102 Å². The van der Waals surface area contributed by atoms with Crippen molar-refractivity contribution in [1.29, 1.82) is 0 Å². The van der Waals surface area contributed by atoms with E-state index >= 15 is 0 Å². The van der Waals surface area contributed by atoms with Crippen LogP contribution in [0, 0.1) is 0 Å². The first-order valence-electron chi connectivity index (χ1n) is 5.52. The maximum atomic E-state index is 11.9. The second kappa shape index (κ2) is 5.29. The molecule has 1 atom stereocenters. The van der Waals surface area contributed by atoms with Crippen molar-refractivity contribution in [3.63, 3.8) is 0 Å². The van der Waals surface area contributed by atoms with Crippen LogP contribution in [-0.2, 0) is 9.53 Å². The van der Waals surface area contributed by atoms with Gasteiger partial charge in [0, 0.05) is 18.4 Å². The second-order valence-electron chi connectivity index (χ2n) is 4.43. The summed E-state index contributed by atoms with van der Waals surface area (Å²) in [5.74, 6) is -0.242. The number of hydrogen-bond acceptors (Lipinski definition) is 3. The van der Waals surface area contributed by atoms with Crippen LogP contribution in [-0.4, -0.2) is 23.7 Å². The SMILES string of the molecule is COC(C)(C)C(=O)Nc1ccccc1C(C)O. The van der Waals surface area contributed by atoms with Crippen molar-refractivity contribution in [2.75, 3.05) is 12.4 Å². The quantitative estimate of drug-likeness (QED) is 0.843. The van der Waals surface area contributed by atoms with Gasteiger partial charge in [0.2, 0.25) is 0 Å². The number of rotatable bonds is 4. The molecule has 4 nitrogen and oxygen atoms in total. The molecule has 94 valence electrons. The Hall–Kier alpha value is -1.39. The van der Waals surface area contributed by atoms with Gasteiger partial charge in [-0.3, -0.25) is 4.79 Å². The number of ether oxygens (including phenoxy) is 1. The van der Waals surface area contributed by atoms with Crippen molar-refractivity contribution in [3.8, 4) is 0 Å². The van der Waals surface area contributed by atoms with Gasteiger partial charge < -0.3 is 15.2 Å². The van der Waals surface area contributed by atoms with Gasteiger partial charge in [-0.25, -0.2) is 0 Å². The largest absolute Gasteiger partial charge is 0.389 e. The molecule has 4 heteroatoms. The minimum Gasteiger partial charge on any atom is -0.389 e. The summed E-state index contributed by atoms with van der Waals surface area (Å²) in [7, 11) is 1.49. The molecule has 0 bridgehead atoms. The molecule has 0 aliphatic heterocycles. The van der Waals surface area contributed by atoms with Crippen LogP contribution < -0.4 is 5.32 Å². The molecule has 0 spiro atoms. The summed E-state index contributed by atoms with van der Waals surface area (Å²) >= 11 is 0. The number of methoxy groups -OCH3 is 1. The molecule has 1 unspecified atom stereocenters. The van der Waals surface area contributed by atoms with Crippen molar-refractivity contribution in [2.45, 2.75) is 32.5 Å².